The largest absolute Gasteiger partial charge is 0.508 e. The number of hydrogen-bond acceptors (Lipinski definition) is 4. The molecule has 0 unspecified atom stereocenters. The molecule has 6 nitrogen and oxygen atoms in total. The molecule has 0 heterocycles. The number of aromatic hydroxyl groups is 1. The first-order valence-corrected chi connectivity index (χ1v) is 8.03. The summed E-state index contributed by atoms with van der Waals surface area (Å²) in [6, 6.07) is 4.02. The number of carbonyl (C=O) groups excluding carboxylic acids is 1. The molecular formula is C12H17ClN2O4S. The van der Waals surface area contributed by atoms with E-state index in [-0.39, 0.29) is 22.9 Å². The SMILES string of the molecule is CC(C)(CNC(=O)c1cc(O)ccc1Cl)NS(C)(=O)=O. The number of nitrogens with one attached hydrogen (secondary N) is 2. The van der Waals surface area contributed by atoms with E-state index in [1.165, 1.54) is 18.2 Å². The molecular weight excluding hydrogens is 304 g/mol. The van der Waals surface area contributed by atoms with Crippen LogP contribution in [-0.2, 0) is 10.0 Å². The van der Waals surface area contributed by atoms with Crippen molar-refractivity contribution in [3.63, 3.8) is 0 Å². The van der Waals surface area contributed by atoms with Gasteiger partial charge >= 0.3 is 0 Å². The number of rotatable bonds is 5. The van der Waals surface area contributed by atoms with Crippen LogP contribution in [0.4, 0.5) is 0 Å². The quantitative estimate of drug-likeness (QED) is 0.757. The molecule has 112 valence electrons. The Kier molecular flexibility index (Phi) is 5.01. The third-order valence-electron chi connectivity index (χ3n) is 2.35. The predicted octanol–water partition coefficient (Wildman–Crippen LogP) is 1.10. The lowest BCUT2D eigenvalue weighted by atomic mass is 10.1. The van der Waals surface area contributed by atoms with E-state index in [0.29, 0.717) is 0 Å². The number of carbonyl (C=O) groups is 1. The molecule has 0 spiro atoms. The molecule has 0 aromatic heterocycles. The summed E-state index contributed by atoms with van der Waals surface area (Å²) in [5.41, 5.74) is -0.714. The van der Waals surface area contributed by atoms with E-state index in [2.05, 4.69) is 10.0 Å². The molecule has 8 heteroatoms. The van der Waals surface area contributed by atoms with E-state index in [4.69, 9.17) is 11.6 Å². The molecule has 0 saturated heterocycles. The van der Waals surface area contributed by atoms with Crippen LogP contribution in [0, 0.1) is 0 Å². The monoisotopic (exact) mass is 320 g/mol. The van der Waals surface area contributed by atoms with Gasteiger partial charge in [-0.1, -0.05) is 11.6 Å². The normalized spacial score (nSPS) is 12.2. The van der Waals surface area contributed by atoms with E-state index >= 15 is 0 Å². The second-order valence-corrected chi connectivity index (χ2v) is 7.26. The van der Waals surface area contributed by atoms with Crippen LogP contribution in [0.25, 0.3) is 0 Å². The molecule has 0 bridgehead atoms. The summed E-state index contributed by atoms with van der Waals surface area (Å²) in [5, 5.41) is 12.1. The summed E-state index contributed by atoms with van der Waals surface area (Å²) in [6.07, 6.45) is 1.04. The molecule has 0 aliphatic heterocycles. The van der Waals surface area contributed by atoms with Gasteiger partial charge in [0.05, 0.1) is 16.8 Å². The van der Waals surface area contributed by atoms with Crippen molar-refractivity contribution in [3.05, 3.63) is 28.8 Å². The summed E-state index contributed by atoms with van der Waals surface area (Å²) in [6.45, 7) is 3.35. The highest BCUT2D eigenvalue weighted by molar-refractivity contribution is 7.88. The minimum absolute atomic E-state index is 0.0743. The lowest BCUT2D eigenvalue weighted by molar-refractivity contribution is 0.0944. The molecule has 1 aromatic carbocycles. The minimum atomic E-state index is -3.38. The third-order valence-corrected chi connectivity index (χ3v) is 3.60. The summed E-state index contributed by atoms with van der Waals surface area (Å²) >= 11 is 5.86. The van der Waals surface area contributed by atoms with E-state index < -0.39 is 21.5 Å². The maximum absolute atomic E-state index is 11.9. The lowest BCUT2D eigenvalue weighted by Gasteiger charge is -2.25. The molecule has 0 saturated carbocycles. The summed E-state index contributed by atoms with van der Waals surface area (Å²) in [7, 11) is -3.38. The van der Waals surface area contributed by atoms with Gasteiger partial charge in [0.1, 0.15) is 5.75 Å². The highest BCUT2D eigenvalue weighted by Crippen LogP contribution is 2.21. The molecule has 1 rings (SSSR count). The van der Waals surface area contributed by atoms with Crippen LogP contribution >= 0.6 is 11.6 Å². The number of halogens is 1. The van der Waals surface area contributed by atoms with Gasteiger partial charge in [-0.25, -0.2) is 13.1 Å². The molecule has 0 radical (unpaired) electrons. The average molecular weight is 321 g/mol. The van der Waals surface area contributed by atoms with Gasteiger partial charge in [0.25, 0.3) is 5.91 Å². The van der Waals surface area contributed by atoms with Crippen LogP contribution < -0.4 is 10.0 Å². The highest BCUT2D eigenvalue weighted by atomic mass is 35.5. The first-order chi connectivity index (χ1) is 9.00. The van der Waals surface area contributed by atoms with Crippen molar-refractivity contribution in [1.29, 1.82) is 0 Å². The first-order valence-electron chi connectivity index (χ1n) is 5.76. The standard InChI is InChI=1S/C12H17ClN2O4S/c1-12(2,15-20(3,18)19)7-14-11(17)9-6-8(16)4-5-10(9)13/h4-6,15-16H,7H2,1-3H3,(H,14,17). The Morgan fingerprint density at radius 2 is 2.00 bits per heavy atom. The van der Waals surface area contributed by atoms with Crippen molar-refractivity contribution in [2.75, 3.05) is 12.8 Å². The smallest absolute Gasteiger partial charge is 0.252 e. The average Bonchev–Trinajstić information content (AvgIpc) is 2.26. The van der Waals surface area contributed by atoms with Gasteiger partial charge in [0.15, 0.2) is 0 Å². The second kappa shape index (κ2) is 5.99. The number of phenols is 1. The Balaban J connectivity index is 2.75. The molecule has 0 aliphatic rings. The van der Waals surface area contributed by atoms with Gasteiger partial charge in [0, 0.05) is 12.1 Å². The van der Waals surface area contributed by atoms with E-state index in [0.717, 1.165) is 6.26 Å². The lowest BCUT2D eigenvalue weighted by Crippen LogP contribution is -2.51. The zero-order valence-electron chi connectivity index (χ0n) is 11.4. The van der Waals surface area contributed by atoms with Gasteiger partial charge in [-0.15, -0.1) is 0 Å². The molecule has 20 heavy (non-hydrogen) atoms. The number of hydrogen-bond donors (Lipinski definition) is 3. The zero-order valence-corrected chi connectivity index (χ0v) is 13.0. The van der Waals surface area contributed by atoms with Crippen molar-refractivity contribution in [3.8, 4) is 5.75 Å². The van der Waals surface area contributed by atoms with Crippen molar-refractivity contribution in [2.24, 2.45) is 0 Å². The summed E-state index contributed by atoms with van der Waals surface area (Å²) < 4.78 is 24.8. The van der Waals surface area contributed by atoms with Gasteiger partial charge in [-0.3, -0.25) is 4.79 Å². The summed E-state index contributed by atoms with van der Waals surface area (Å²) in [5.74, 6) is -0.567. The third kappa shape index (κ3) is 5.36. The van der Waals surface area contributed by atoms with Crippen LogP contribution in [-0.4, -0.2) is 37.8 Å². The van der Waals surface area contributed by atoms with Crippen molar-refractivity contribution in [2.45, 2.75) is 19.4 Å². The molecule has 1 amide bonds. The van der Waals surface area contributed by atoms with Crippen LogP contribution in [0.5, 0.6) is 5.75 Å². The number of sulfonamides is 1. The number of phenolic OH excluding ortho intramolecular Hbond substituents is 1. The van der Waals surface area contributed by atoms with Crippen LogP contribution in [0.1, 0.15) is 24.2 Å². The highest BCUT2D eigenvalue weighted by Gasteiger charge is 2.23. The van der Waals surface area contributed by atoms with E-state index in [1.807, 2.05) is 0 Å². The molecule has 3 N–H and O–H groups in total. The Hall–Kier alpha value is -1.31. The van der Waals surface area contributed by atoms with E-state index in [9.17, 15) is 18.3 Å². The first kappa shape index (κ1) is 16.7. The van der Waals surface area contributed by atoms with Gasteiger partial charge in [-0.05, 0) is 32.0 Å². The Labute approximate surface area is 123 Å². The van der Waals surface area contributed by atoms with Crippen molar-refractivity contribution in [1.82, 2.24) is 10.0 Å². The van der Waals surface area contributed by atoms with Gasteiger partial charge in [-0.2, -0.15) is 0 Å². The molecule has 0 aliphatic carbocycles. The number of amides is 1. The van der Waals surface area contributed by atoms with Gasteiger partial charge in [0.2, 0.25) is 10.0 Å². The second-order valence-electron chi connectivity index (χ2n) is 5.10. The maximum Gasteiger partial charge on any atom is 0.252 e. The Bertz CT molecular complexity index is 614. The minimum Gasteiger partial charge on any atom is -0.508 e. The van der Waals surface area contributed by atoms with Crippen LogP contribution in [0.2, 0.25) is 5.02 Å². The fourth-order valence-corrected chi connectivity index (χ4v) is 2.90. The molecule has 1 aromatic rings. The predicted molar refractivity (Wildman–Crippen MR) is 77.5 cm³/mol. The zero-order chi connectivity index (χ0) is 15.6. The Morgan fingerprint density at radius 3 is 2.55 bits per heavy atom. The van der Waals surface area contributed by atoms with Crippen molar-refractivity contribution >= 4 is 27.5 Å². The van der Waals surface area contributed by atoms with E-state index in [1.54, 1.807) is 13.8 Å². The number of benzene rings is 1. The van der Waals surface area contributed by atoms with Crippen molar-refractivity contribution < 1.29 is 18.3 Å². The molecule has 0 atom stereocenters. The molecule has 0 fully saturated rings. The topological polar surface area (TPSA) is 95.5 Å². The fourth-order valence-electron chi connectivity index (χ4n) is 1.62. The maximum atomic E-state index is 11.9. The van der Waals surface area contributed by atoms with Crippen LogP contribution in [0.15, 0.2) is 18.2 Å². The van der Waals surface area contributed by atoms with Crippen LogP contribution in [0.3, 0.4) is 0 Å². The Morgan fingerprint density at radius 1 is 1.40 bits per heavy atom. The van der Waals surface area contributed by atoms with Gasteiger partial charge < -0.3 is 10.4 Å². The summed E-state index contributed by atoms with van der Waals surface area (Å²) in [4.78, 5) is 11.9. The fraction of sp³-hybridized carbons (Fsp3) is 0.417.